The molecule has 0 radical (unpaired) electrons. The van der Waals surface area contributed by atoms with Gasteiger partial charge < -0.3 is 24.8 Å². The van der Waals surface area contributed by atoms with Crippen molar-refractivity contribution in [3.63, 3.8) is 0 Å². The molecule has 0 saturated carbocycles. The maximum absolute atomic E-state index is 11.9. The first-order valence-electron chi connectivity index (χ1n) is 12.8. The molecule has 0 bridgehead atoms. The highest BCUT2D eigenvalue weighted by atomic mass is 16.6. The van der Waals surface area contributed by atoms with Crippen LogP contribution in [-0.2, 0) is 23.9 Å². The van der Waals surface area contributed by atoms with Crippen LogP contribution >= 0.6 is 0 Å². The second-order valence-electron chi connectivity index (χ2n) is 8.64. The zero-order valence-electron chi connectivity index (χ0n) is 20.5. The molecule has 0 aromatic rings. The third kappa shape index (κ3) is 18.4. The fourth-order valence-electron chi connectivity index (χ4n) is 3.54. The van der Waals surface area contributed by atoms with Crippen LogP contribution in [-0.4, -0.2) is 58.6 Å². The molecule has 194 valence electrons. The van der Waals surface area contributed by atoms with Gasteiger partial charge in [0.05, 0.1) is 6.61 Å². The summed E-state index contributed by atoms with van der Waals surface area (Å²) in [6.45, 7) is 1.87. The number of rotatable bonds is 23. The molecule has 0 spiro atoms. The molecular formula is C25H46O8. The Hall–Kier alpha value is -1.67. The van der Waals surface area contributed by atoms with Crippen LogP contribution in [0, 0.1) is 0 Å². The van der Waals surface area contributed by atoms with Gasteiger partial charge in [-0.3, -0.25) is 4.79 Å². The van der Waals surface area contributed by atoms with Gasteiger partial charge in [-0.25, -0.2) is 9.59 Å². The number of unbranched alkanes of at least 4 members (excludes halogenated alkanes) is 14. The van der Waals surface area contributed by atoms with Gasteiger partial charge in [-0.15, -0.1) is 0 Å². The molecule has 0 aromatic carbocycles. The lowest BCUT2D eigenvalue weighted by Crippen LogP contribution is -2.44. The molecule has 0 fully saturated rings. The number of carboxylic acids is 1. The molecule has 0 amide bonds. The molecule has 3 N–H and O–H groups in total. The first kappa shape index (κ1) is 31.3. The highest BCUT2D eigenvalue weighted by Crippen LogP contribution is 2.14. The summed E-state index contributed by atoms with van der Waals surface area (Å²) < 4.78 is 9.43. The monoisotopic (exact) mass is 474 g/mol. The van der Waals surface area contributed by atoms with Crippen LogP contribution in [0.25, 0.3) is 0 Å². The van der Waals surface area contributed by atoms with E-state index in [9.17, 15) is 19.5 Å². The van der Waals surface area contributed by atoms with Gasteiger partial charge in [-0.05, 0) is 6.42 Å². The minimum atomic E-state index is -2.11. The summed E-state index contributed by atoms with van der Waals surface area (Å²) in [6, 6.07) is 0. The normalized spacial score (nSPS) is 12.8. The van der Waals surface area contributed by atoms with Gasteiger partial charge in [-0.2, -0.15) is 0 Å². The number of aliphatic hydroxyl groups excluding tert-OH is 2. The van der Waals surface area contributed by atoms with Crippen molar-refractivity contribution < 1.29 is 39.2 Å². The molecule has 0 aromatic heterocycles. The number of carboxylic acid groups (broad SMARTS) is 1. The number of hydrogen-bond acceptors (Lipinski definition) is 7. The molecule has 2 atom stereocenters. The first-order chi connectivity index (χ1) is 15.9. The zero-order valence-corrected chi connectivity index (χ0v) is 20.5. The molecule has 8 nitrogen and oxygen atoms in total. The molecule has 0 heterocycles. The van der Waals surface area contributed by atoms with E-state index in [-0.39, 0.29) is 26.1 Å². The Kier molecular flexibility index (Phi) is 21.0. The second kappa shape index (κ2) is 22.1. The molecule has 33 heavy (non-hydrogen) atoms. The summed E-state index contributed by atoms with van der Waals surface area (Å²) in [5, 5.41) is 27.6. The lowest BCUT2D eigenvalue weighted by molar-refractivity contribution is -0.181. The summed E-state index contributed by atoms with van der Waals surface area (Å²) in [5.41, 5.74) is 0. The Balaban J connectivity index is 3.74. The van der Waals surface area contributed by atoms with Crippen molar-refractivity contribution in [2.45, 2.75) is 128 Å². The quantitative estimate of drug-likeness (QED) is 0.145. The molecule has 0 rings (SSSR count). The molecule has 2 unspecified atom stereocenters. The van der Waals surface area contributed by atoms with Crippen LogP contribution in [0.15, 0.2) is 0 Å². The van der Waals surface area contributed by atoms with Gasteiger partial charge in [0, 0.05) is 19.4 Å². The van der Waals surface area contributed by atoms with E-state index < -0.39 is 30.1 Å². The Morgan fingerprint density at radius 2 is 1.18 bits per heavy atom. The van der Waals surface area contributed by atoms with E-state index in [0.717, 1.165) is 19.3 Å². The summed E-state index contributed by atoms with van der Waals surface area (Å²) in [6.07, 6.45) is 14.1. The van der Waals surface area contributed by atoms with Crippen LogP contribution in [0.2, 0.25) is 0 Å². The second-order valence-corrected chi connectivity index (χ2v) is 8.64. The average molecular weight is 475 g/mol. The van der Waals surface area contributed by atoms with E-state index in [1.807, 2.05) is 0 Å². The fourth-order valence-corrected chi connectivity index (χ4v) is 3.54. The summed E-state index contributed by atoms with van der Waals surface area (Å²) in [4.78, 5) is 34.8. The highest BCUT2D eigenvalue weighted by molar-refractivity contribution is 5.86. The van der Waals surface area contributed by atoms with Crippen LogP contribution in [0.5, 0.6) is 0 Å². The van der Waals surface area contributed by atoms with Gasteiger partial charge in [-0.1, -0.05) is 96.8 Å². The standard InChI is InChI=1S/C25H46O8/c1-2-3-4-5-6-7-8-9-10-11-12-13-14-15-16-18-21(27)33-23(24(29)30)22(28)25(31)32-20-17-19-26/h22-23,26,28H,2-20H2,1H3,(H,29,30). The number of carbonyl (C=O) groups is 3. The van der Waals surface area contributed by atoms with E-state index in [2.05, 4.69) is 11.7 Å². The number of ether oxygens (including phenoxy) is 2. The van der Waals surface area contributed by atoms with E-state index in [4.69, 9.17) is 14.9 Å². The Morgan fingerprint density at radius 3 is 1.61 bits per heavy atom. The molecule has 0 saturated heterocycles. The van der Waals surface area contributed by atoms with E-state index in [0.29, 0.717) is 6.42 Å². The van der Waals surface area contributed by atoms with Crippen molar-refractivity contribution >= 4 is 17.9 Å². The number of aliphatic hydroxyl groups is 2. The molecule has 0 aliphatic heterocycles. The molecule has 8 heteroatoms. The van der Waals surface area contributed by atoms with Crippen molar-refractivity contribution in [2.75, 3.05) is 13.2 Å². The van der Waals surface area contributed by atoms with Crippen LogP contribution in [0.3, 0.4) is 0 Å². The van der Waals surface area contributed by atoms with Crippen LogP contribution in [0.1, 0.15) is 116 Å². The highest BCUT2D eigenvalue weighted by Gasteiger charge is 2.36. The topological polar surface area (TPSA) is 130 Å². The predicted octanol–water partition coefficient (Wildman–Crippen LogP) is 4.53. The van der Waals surface area contributed by atoms with Gasteiger partial charge in [0.2, 0.25) is 6.10 Å². The van der Waals surface area contributed by atoms with Crippen molar-refractivity contribution in [3.05, 3.63) is 0 Å². The minimum absolute atomic E-state index is 0.0360. The van der Waals surface area contributed by atoms with Crippen molar-refractivity contribution in [2.24, 2.45) is 0 Å². The summed E-state index contributed by atoms with van der Waals surface area (Å²) in [5.74, 6) is -3.58. The van der Waals surface area contributed by atoms with Gasteiger partial charge in [0.25, 0.3) is 0 Å². The summed E-state index contributed by atoms with van der Waals surface area (Å²) >= 11 is 0. The lowest BCUT2D eigenvalue weighted by Gasteiger charge is -2.18. The lowest BCUT2D eigenvalue weighted by atomic mass is 10.0. The predicted molar refractivity (Wildman–Crippen MR) is 126 cm³/mol. The minimum Gasteiger partial charge on any atom is -0.478 e. The average Bonchev–Trinajstić information content (AvgIpc) is 2.79. The Labute approximate surface area is 199 Å². The number of aliphatic carboxylic acids is 1. The zero-order chi connectivity index (χ0) is 24.7. The van der Waals surface area contributed by atoms with Gasteiger partial charge in [0.1, 0.15) is 0 Å². The van der Waals surface area contributed by atoms with E-state index in [1.54, 1.807) is 0 Å². The van der Waals surface area contributed by atoms with Gasteiger partial charge in [0.15, 0.2) is 6.10 Å². The largest absolute Gasteiger partial charge is 0.478 e. The van der Waals surface area contributed by atoms with E-state index >= 15 is 0 Å². The molecule has 0 aliphatic rings. The first-order valence-corrected chi connectivity index (χ1v) is 12.8. The maximum atomic E-state index is 11.9. The maximum Gasteiger partial charge on any atom is 0.348 e. The smallest absolute Gasteiger partial charge is 0.348 e. The third-order valence-corrected chi connectivity index (χ3v) is 5.56. The van der Waals surface area contributed by atoms with Crippen molar-refractivity contribution in [1.82, 2.24) is 0 Å². The number of hydrogen-bond donors (Lipinski definition) is 3. The third-order valence-electron chi connectivity index (χ3n) is 5.56. The van der Waals surface area contributed by atoms with E-state index in [1.165, 1.54) is 70.6 Å². The van der Waals surface area contributed by atoms with Gasteiger partial charge >= 0.3 is 17.9 Å². The van der Waals surface area contributed by atoms with Crippen molar-refractivity contribution in [3.8, 4) is 0 Å². The van der Waals surface area contributed by atoms with Crippen LogP contribution < -0.4 is 0 Å². The SMILES string of the molecule is CCCCCCCCCCCCCCCCCC(=O)OC(C(=O)O)C(O)C(=O)OCCCO. The summed E-state index contributed by atoms with van der Waals surface area (Å²) in [7, 11) is 0. The Bertz CT molecular complexity index is 509. The number of carbonyl (C=O) groups excluding carboxylic acids is 2. The fraction of sp³-hybridized carbons (Fsp3) is 0.880. The Morgan fingerprint density at radius 1 is 0.727 bits per heavy atom. The van der Waals surface area contributed by atoms with Crippen molar-refractivity contribution in [1.29, 1.82) is 0 Å². The molecular weight excluding hydrogens is 428 g/mol. The number of esters is 2. The van der Waals surface area contributed by atoms with Crippen LogP contribution in [0.4, 0.5) is 0 Å². The molecule has 0 aliphatic carbocycles.